The van der Waals surface area contributed by atoms with Crippen LogP contribution in [0.2, 0.25) is 0 Å². The SMILES string of the molecule is C=CCCOc1cc(N)ccc1C(C)=O. The number of hydrogen-bond donors (Lipinski definition) is 1. The largest absolute Gasteiger partial charge is 0.492 e. The summed E-state index contributed by atoms with van der Waals surface area (Å²) in [5.74, 6) is 0.521. The molecule has 1 rings (SSSR count). The Bertz CT molecular complexity index is 372. The molecule has 0 aromatic heterocycles. The molecule has 80 valence electrons. The molecule has 1 aromatic rings. The van der Waals surface area contributed by atoms with E-state index in [1.807, 2.05) is 0 Å². The van der Waals surface area contributed by atoms with Gasteiger partial charge in [-0.1, -0.05) is 6.08 Å². The molecule has 0 radical (unpaired) electrons. The van der Waals surface area contributed by atoms with Crippen molar-refractivity contribution in [2.24, 2.45) is 0 Å². The lowest BCUT2D eigenvalue weighted by Crippen LogP contribution is -2.03. The van der Waals surface area contributed by atoms with E-state index in [2.05, 4.69) is 6.58 Å². The van der Waals surface area contributed by atoms with Crippen LogP contribution in [0, 0.1) is 0 Å². The van der Waals surface area contributed by atoms with Crippen molar-refractivity contribution in [3.63, 3.8) is 0 Å². The van der Waals surface area contributed by atoms with Gasteiger partial charge in [0.1, 0.15) is 5.75 Å². The summed E-state index contributed by atoms with van der Waals surface area (Å²) in [4.78, 5) is 11.3. The molecule has 0 saturated heterocycles. The zero-order valence-electron chi connectivity index (χ0n) is 8.82. The topological polar surface area (TPSA) is 52.3 Å². The summed E-state index contributed by atoms with van der Waals surface area (Å²) in [6, 6.07) is 5.04. The Hall–Kier alpha value is -1.77. The highest BCUT2D eigenvalue weighted by Gasteiger charge is 2.08. The Labute approximate surface area is 89.5 Å². The third-order valence-corrected chi connectivity index (χ3v) is 1.96. The minimum Gasteiger partial charge on any atom is -0.492 e. The van der Waals surface area contributed by atoms with E-state index in [0.717, 1.165) is 6.42 Å². The van der Waals surface area contributed by atoms with E-state index in [-0.39, 0.29) is 5.78 Å². The standard InChI is InChI=1S/C12H15NO2/c1-3-4-7-15-12-8-10(13)5-6-11(12)9(2)14/h3,5-6,8H,1,4,7,13H2,2H3. The van der Waals surface area contributed by atoms with Crippen molar-refractivity contribution in [1.82, 2.24) is 0 Å². The number of nitrogen functional groups attached to an aromatic ring is 1. The molecule has 0 atom stereocenters. The Kier molecular flexibility index (Phi) is 3.92. The van der Waals surface area contributed by atoms with Crippen LogP contribution in [0.5, 0.6) is 5.75 Å². The van der Waals surface area contributed by atoms with Gasteiger partial charge in [0.2, 0.25) is 0 Å². The van der Waals surface area contributed by atoms with Crippen molar-refractivity contribution in [1.29, 1.82) is 0 Å². The van der Waals surface area contributed by atoms with Gasteiger partial charge < -0.3 is 10.5 Å². The fourth-order valence-corrected chi connectivity index (χ4v) is 1.20. The van der Waals surface area contributed by atoms with Gasteiger partial charge in [-0.2, -0.15) is 0 Å². The summed E-state index contributed by atoms with van der Waals surface area (Å²) in [5, 5.41) is 0. The predicted molar refractivity (Wildman–Crippen MR) is 61.2 cm³/mol. The lowest BCUT2D eigenvalue weighted by atomic mass is 10.1. The molecule has 0 saturated carbocycles. The molecule has 1 aromatic carbocycles. The molecule has 0 unspecified atom stereocenters. The first-order valence-electron chi connectivity index (χ1n) is 4.79. The molecular weight excluding hydrogens is 190 g/mol. The molecule has 0 heterocycles. The van der Waals surface area contributed by atoms with Gasteiger partial charge in [0.15, 0.2) is 5.78 Å². The first-order chi connectivity index (χ1) is 7.15. The summed E-state index contributed by atoms with van der Waals surface area (Å²) in [7, 11) is 0. The van der Waals surface area contributed by atoms with E-state index in [4.69, 9.17) is 10.5 Å². The highest BCUT2D eigenvalue weighted by molar-refractivity contribution is 5.97. The highest BCUT2D eigenvalue weighted by Crippen LogP contribution is 2.22. The molecule has 0 amide bonds. The van der Waals surface area contributed by atoms with Crippen molar-refractivity contribution < 1.29 is 9.53 Å². The van der Waals surface area contributed by atoms with Crippen LogP contribution in [0.3, 0.4) is 0 Å². The highest BCUT2D eigenvalue weighted by atomic mass is 16.5. The minimum absolute atomic E-state index is 0.0244. The Morgan fingerprint density at radius 2 is 2.33 bits per heavy atom. The van der Waals surface area contributed by atoms with Crippen LogP contribution in [-0.2, 0) is 0 Å². The molecule has 0 aliphatic heterocycles. The average Bonchev–Trinajstić information content (AvgIpc) is 2.18. The zero-order valence-corrected chi connectivity index (χ0v) is 8.82. The van der Waals surface area contributed by atoms with E-state index in [0.29, 0.717) is 23.6 Å². The molecule has 15 heavy (non-hydrogen) atoms. The predicted octanol–water partition coefficient (Wildman–Crippen LogP) is 2.43. The summed E-state index contributed by atoms with van der Waals surface area (Å²) in [5.41, 5.74) is 6.77. The van der Waals surface area contributed by atoms with Crippen LogP contribution in [0.25, 0.3) is 0 Å². The third kappa shape index (κ3) is 3.13. The Morgan fingerprint density at radius 1 is 1.60 bits per heavy atom. The van der Waals surface area contributed by atoms with E-state index in [1.54, 1.807) is 24.3 Å². The molecule has 0 bridgehead atoms. The number of Topliss-reactive ketones (excluding diaryl/α,β-unsaturated/α-hetero) is 1. The summed E-state index contributed by atoms with van der Waals surface area (Å²) >= 11 is 0. The smallest absolute Gasteiger partial charge is 0.163 e. The van der Waals surface area contributed by atoms with Gasteiger partial charge in [-0.15, -0.1) is 6.58 Å². The lowest BCUT2D eigenvalue weighted by Gasteiger charge is -2.09. The first-order valence-corrected chi connectivity index (χ1v) is 4.79. The Morgan fingerprint density at radius 3 is 2.93 bits per heavy atom. The quantitative estimate of drug-likeness (QED) is 0.347. The van der Waals surface area contributed by atoms with Gasteiger partial charge in [0.25, 0.3) is 0 Å². The van der Waals surface area contributed by atoms with Crippen molar-refractivity contribution >= 4 is 11.5 Å². The second-order valence-electron chi connectivity index (χ2n) is 3.24. The number of ketones is 1. The normalized spacial score (nSPS) is 9.67. The van der Waals surface area contributed by atoms with E-state index < -0.39 is 0 Å². The van der Waals surface area contributed by atoms with Crippen LogP contribution in [0.15, 0.2) is 30.9 Å². The van der Waals surface area contributed by atoms with Gasteiger partial charge >= 0.3 is 0 Å². The summed E-state index contributed by atoms with van der Waals surface area (Å²) < 4.78 is 5.45. The van der Waals surface area contributed by atoms with Gasteiger partial charge in [0, 0.05) is 11.8 Å². The number of benzene rings is 1. The van der Waals surface area contributed by atoms with E-state index in [1.165, 1.54) is 6.92 Å². The first kappa shape index (κ1) is 11.3. The number of nitrogens with two attached hydrogens (primary N) is 1. The maximum atomic E-state index is 11.3. The zero-order chi connectivity index (χ0) is 11.3. The lowest BCUT2D eigenvalue weighted by molar-refractivity contribution is 0.101. The minimum atomic E-state index is -0.0244. The number of rotatable bonds is 5. The molecule has 0 aliphatic rings. The van der Waals surface area contributed by atoms with Crippen molar-refractivity contribution in [3.05, 3.63) is 36.4 Å². The molecule has 0 aliphatic carbocycles. The van der Waals surface area contributed by atoms with Crippen LogP contribution >= 0.6 is 0 Å². The second kappa shape index (κ2) is 5.20. The van der Waals surface area contributed by atoms with Gasteiger partial charge in [0.05, 0.1) is 12.2 Å². The van der Waals surface area contributed by atoms with Crippen molar-refractivity contribution in [2.45, 2.75) is 13.3 Å². The number of carbonyl (C=O) groups excluding carboxylic acids is 1. The van der Waals surface area contributed by atoms with Crippen LogP contribution in [0.1, 0.15) is 23.7 Å². The maximum absolute atomic E-state index is 11.3. The number of carbonyl (C=O) groups is 1. The third-order valence-electron chi connectivity index (χ3n) is 1.96. The number of ether oxygens (including phenoxy) is 1. The fourth-order valence-electron chi connectivity index (χ4n) is 1.20. The van der Waals surface area contributed by atoms with Gasteiger partial charge in [-0.3, -0.25) is 4.79 Å². The van der Waals surface area contributed by atoms with Gasteiger partial charge in [-0.25, -0.2) is 0 Å². The summed E-state index contributed by atoms with van der Waals surface area (Å²) in [6.07, 6.45) is 2.51. The van der Waals surface area contributed by atoms with Gasteiger partial charge in [-0.05, 0) is 25.5 Å². The Balaban J connectivity index is 2.86. The van der Waals surface area contributed by atoms with Crippen molar-refractivity contribution in [2.75, 3.05) is 12.3 Å². The number of anilines is 1. The van der Waals surface area contributed by atoms with Crippen LogP contribution < -0.4 is 10.5 Å². The average molecular weight is 205 g/mol. The monoisotopic (exact) mass is 205 g/mol. The molecule has 3 heteroatoms. The fraction of sp³-hybridized carbons (Fsp3) is 0.250. The summed E-state index contributed by atoms with van der Waals surface area (Å²) in [6.45, 7) is 5.61. The molecule has 0 fully saturated rings. The van der Waals surface area contributed by atoms with E-state index in [9.17, 15) is 4.79 Å². The molecule has 2 N–H and O–H groups in total. The maximum Gasteiger partial charge on any atom is 0.163 e. The second-order valence-corrected chi connectivity index (χ2v) is 3.24. The van der Waals surface area contributed by atoms with Crippen LogP contribution in [0.4, 0.5) is 5.69 Å². The molecule has 0 spiro atoms. The molecule has 3 nitrogen and oxygen atoms in total. The van der Waals surface area contributed by atoms with Crippen LogP contribution in [-0.4, -0.2) is 12.4 Å². The number of hydrogen-bond acceptors (Lipinski definition) is 3. The molecular formula is C12H15NO2. The van der Waals surface area contributed by atoms with E-state index >= 15 is 0 Å². The van der Waals surface area contributed by atoms with Crippen molar-refractivity contribution in [3.8, 4) is 5.75 Å².